The molecule has 5 heteroatoms. The van der Waals surface area contributed by atoms with Crippen LogP contribution in [0.4, 0.5) is 4.39 Å². The summed E-state index contributed by atoms with van der Waals surface area (Å²) >= 11 is 3.20. The smallest absolute Gasteiger partial charge is 0.256 e. The third-order valence-corrected chi connectivity index (χ3v) is 3.15. The van der Waals surface area contributed by atoms with Crippen molar-refractivity contribution < 1.29 is 13.6 Å². The van der Waals surface area contributed by atoms with E-state index in [4.69, 9.17) is 4.42 Å². The van der Waals surface area contributed by atoms with Crippen LogP contribution < -0.4 is 0 Å². The van der Waals surface area contributed by atoms with Gasteiger partial charge in [0.05, 0.1) is 12.1 Å². The Morgan fingerprint density at radius 3 is 2.74 bits per heavy atom. The molecular weight excluding hydrogens is 313 g/mol. The maximum atomic E-state index is 13.6. The Bertz CT molecular complexity index is 609. The molecule has 0 fully saturated rings. The number of nitrogens with zero attached hydrogens (tertiary/aromatic N) is 1. The van der Waals surface area contributed by atoms with Crippen molar-refractivity contribution in [3.05, 3.63) is 57.7 Å². The van der Waals surface area contributed by atoms with Gasteiger partial charge in [0, 0.05) is 7.05 Å². The largest absolute Gasteiger partial charge is 0.452 e. The number of benzene rings is 1. The molecule has 0 saturated carbocycles. The first-order chi connectivity index (χ1) is 8.97. The molecule has 0 spiro atoms. The summed E-state index contributed by atoms with van der Waals surface area (Å²) in [6.07, 6.45) is 0. The van der Waals surface area contributed by atoms with Crippen molar-refractivity contribution in [2.45, 2.75) is 13.5 Å². The highest BCUT2D eigenvalue weighted by Gasteiger charge is 2.17. The van der Waals surface area contributed by atoms with Gasteiger partial charge in [-0.1, -0.05) is 11.6 Å². The highest BCUT2D eigenvalue weighted by atomic mass is 79.9. The van der Waals surface area contributed by atoms with Crippen molar-refractivity contribution in [3.63, 3.8) is 0 Å². The van der Waals surface area contributed by atoms with Crippen LogP contribution in [-0.2, 0) is 6.54 Å². The summed E-state index contributed by atoms with van der Waals surface area (Å²) in [4.78, 5) is 13.6. The number of furan rings is 1. The van der Waals surface area contributed by atoms with E-state index >= 15 is 0 Å². The van der Waals surface area contributed by atoms with Crippen LogP contribution in [0.15, 0.2) is 39.4 Å². The van der Waals surface area contributed by atoms with Crippen LogP contribution in [-0.4, -0.2) is 17.9 Å². The van der Waals surface area contributed by atoms with Gasteiger partial charge in [-0.2, -0.15) is 0 Å². The van der Waals surface area contributed by atoms with Gasteiger partial charge >= 0.3 is 0 Å². The zero-order valence-corrected chi connectivity index (χ0v) is 12.2. The molecule has 0 saturated heterocycles. The van der Waals surface area contributed by atoms with Crippen LogP contribution in [0.5, 0.6) is 0 Å². The van der Waals surface area contributed by atoms with Crippen molar-refractivity contribution in [2.75, 3.05) is 7.05 Å². The van der Waals surface area contributed by atoms with Crippen molar-refractivity contribution >= 4 is 21.8 Å². The van der Waals surface area contributed by atoms with Gasteiger partial charge in [-0.3, -0.25) is 4.79 Å². The molecule has 100 valence electrons. The molecule has 1 amide bonds. The van der Waals surface area contributed by atoms with Crippen LogP contribution in [0.3, 0.4) is 0 Å². The van der Waals surface area contributed by atoms with Gasteiger partial charge in [0.2, 0.25) is 0 Å². The molecule has 0 radical (unpaired) electrons. The average Bonchev–Trinajstić information content (AvgIpc) is 2.77. The first kappa shape index (κ1) is 13.8. The Kier molecular flexibility index (Phi) is 4.04. The van der Waals surface area contributed by atoms with Gasteiger partial charge in [-0.05, 0) is 47.1 Å². The number of halogens is 2. The summed E-state index contributed by atoms with van der Waals surface area (Å²) in [5, 5.41) is 0. The molecule has 2 aromatic rings. The van der Waals surface area contributed by atoms with Gasteiger partial charge in [0.1, 0.15) is 11.6 Å². The lowest BCUT2D eigenvalue weighted by molar-refractivity contribution is 0.0770. The number of amides is 1. The van der Waals surface area contributed by atoms with E-state index < -0.39 is 5.82 Å². The maximum Gasteiger partial charge on any atom is 0.256 e. The second-order valence-corrected chi connectivity index (χ2v) is 5.13. The summed E-state index contributed by atoms with van der Waals surface area (Å²) in [5.41, 5.74) is 0.923. The molecule has 0 N–H and O–H groups in total. The predicted octanol–water partition coefficient (Wildman–Crippen LogP) is 3.76. The molecule has 0 aliphatic carbocycles. The van der Waals surface area contributed by atoms with Crippen molar-refractivity contribution in [1.82, 2.24) is 4.90 Å². The van der Waals surface area contributed by atoms with E-state index in [0.29, 0.717) is 10.4 Å². The van der Waals surface area contributed by atoms with Crippen LogP contribution in [0.25, 0.3) is 0 Å². The third-order valence-electron chi connectivity index (χ3n) is 2.72. The van der Waals surface area contributed by atoms with Crippen molar-refractivity contribution in [1.29, 1.82) is 0 Å². The second kappa shape index (κ2) is 5.57. The Hall–Kier alpha value is -1.62. The molecular formula is C14H13BrFNO2. The standard InChI is InChI=1S/C14H13BrFNO2/c1-9-3-5-12(16)11(7-9)14(18)17(2)8-10-4-6-13(15)19-10/h3-7H,8H2,1-2H3. The minimum absolute atomic E-state index is 0.0770. The van der Waals surface area contributed by atoms with E-state index in [1.807, 2.05) is 6.92 Å². The Morgan fingerprint density at radius 2 is 2.11 bits per heavy atom. The van der Waals surface area contributed by atoms with Gasteiger partial charge in [0.25, 0.3) is 5.91 Å². The van der Waals surface area contributed by atoms with Gasteiger partial charge in [0.15, 0.2) is 4.67 Å². The van der Waals surface area contributed by atoms with Crippen LogP contribution in [0.2, 0.25) is 0 Å². The van der Waals surface area contributed by atoms with Crippen LogP contribution in [0.1, 0.15) is 21.7 Å². The highest BCUT2D eigenvalue weighted by Crippen LogP contribution is 2.17. The fourth-order valence-corrected chi connectivity index (χ4v) is 2.09. The molecule has 19 heavy (non-hydrogen) atoms. The normalized spacial score (nSPS) is 10.5. The quantitative estimate of drug-likeness (QED) is 0.860. The first-order valence-electron chi connectivity index (χ1n) is 5.73. The fraction of sp³-hybridized carbons (Fsp3) is 0.214. The van der Waals surface area contributed by atoms with Crippen molar-refractivity contribution in [2.24, 2.45) is 0 Å². The third kappa shape index (κ3) is 3.23. The number of rotatable bonds is 3. The monoisotopic (exact) mass is 325 g/mol. The maximum absolute atomic E-state index is 13.6. The lowest BCUT2D eigenvalue weighted by Gasteiger charge is -2.16. The molecule has 0 aliphatic rings. The average molecular weight is 326 g/mol. The number of carbonyl (C=O) groups excluding carboxylic acids is 1. The number of hydrogen-bond acceptors (Lipinski definition) is 2. The second-order valence-electron chi connectivity index (χ2n) is 4.35. The van der Waals surface area contributed by atoms with Gasteiger partial charge in [-0.25, -0.2) is 4.39 Å². The Morgan fingerprint density at radius 1 is 1.37 bits per heavy atom. The van der Waals surface area contributed by atoms with Crippen LogP contribution in [0, 0.1) is 12.7 Å². The fourth-order valence-electron chi connectivity index (χ4n) is 1.75. The molecule has 3 nitrogen and oxygen atoms in total. The van der Waals surface area contributed by atoms with Crippen LogP contribution >= 0.6 is 15.9 Å². The van der Waals surface area contributed by atoms with E-state index in [-0.39, 0.29) is 18.0 Å². The Labute approximate surface area is 119 Å². The number of aryl methyl sites for hydroxylation is 1. The van der Waals surface area contributed by atoms with E-state index in [0.717, 1.165) is 5.56 Å². The molecule has 0 unspecified atom stereocenters. The summed E-state index contributed by atoms with van der Waals surface area (Å²) in [6, 6.07) is 8.00. The van der Waals surface area contributed by atoms with E-state index in [9.17, 15) is 9.18 Å². The van der Waals surface area contributed by atoms with E-state index in [1.165, 1.54) is 11.0 Å². The lowest BCUT2D eigenvalue weighted by Crippen LogP contribution is -2.26. The minimum atomic E-state index is -0.511. The highest BCUT2D eigenvalue weighted by molar-refractivity contribution is 9.10. The lowest BCUT2D eigenvalue weighted by atomic mass is 10.1. The zero-order valence-electron chi connectivity index (χ0n) is 10.6. The molecule has 0 atom stereocenters. The van der Waals surface area contributed by atoms with E-state index in [1.54, 1.807) is 31.3 Å². The summed E-state index contributed by atoms with van der Waals surface area (Å²) < 4.78 is 19.6. The predicted molar refractivity (Wildman–Crippen MR) is 73.3 cm³/mol. The summed E-state index contributed by atoms with van der Waals surface area (Å²) in [6.45, 7) is 2.11. The molecule has 2 rings (SSSR count). The Balaban J connectivity index is 2.16. The number of hydrogen-bond donors (Lipinski definition) is 0. The van der Waals surface area contributed by atoms with E-state index in [2.05, 4.69) is 15.9 Å². The van der Waals surface area contributed by atoms with Crippen molar-refractivity contribution in [3.8, 4) is 0 Å². The first-order valence-corrected chi connectivity index (χ1v) is 6.52. The molecule has 1 heterocycles. The minimum Gasteiger partial charge on any atom is -0.452 e. The molecule has 1 aromatic heterocycles. The van der Waals surface area contributed by atoms with Gasteiger partial charge < -0.3 is 9.32 Å². The topological polar surface area (TPSA) is 33.5 Å². The van der Waals surface area contributed by atoms with Gasteiger partial charge in [-0.15, -0.1) is 0 Å². The summed E-state index contributed by atoms with van der Waals surface area (Å²) in [7, 11) is 1.61. The molecule has 1 aromatic carbocycles. The molecule has 0 aliphatic heterocycles. The summed E-state index contributed by atoms with van der Waals surface area (Å²) in [5.74, 6) is -0.243. The SMILES string of the molecule is Cc1ccc(F)c(C(=O)N(C)Cc2ccc(Br)o2)c1. The number of carbonyl (C=O) groups is 1. The zero-order chi connectivity index (χ0) is 14.0. The molecule has 0 bridgehead atoms.